The molecule has 2 rings (SSSR count). The first-order valence-corrected chi connectivity index (χ1v) is 7.58. The zero-order chi connectivity index (χ0) is 12.1. The van der Waals surface area contributed by atoms with Crippen molar-refractivity contribution in [2.75, 3.05) is 38.2 Å². The molecule has 4 nitrogen and oxygen atoms in total. The number of esters is 1. The Bertz CT molecular complexity index is 249. The van der Waals surface area contributed by atoms with E-state index in [4.69, 9.17) is 4.74 Å². The van der Waals surface area contributed by atoms with Crippen LogP contribution >= 0.6 is 11.8 Å². The number of rotatable bonds is 3. The molecule has 5 heteroatoms. The van der Waals surface area contributed by atoms with Crippen LogP contribution in [0.1, 0.15) is 19.3 Å². The average molecular weight is 258 g/mol. The van der Waals surface area contributed by atoms with Gasteiger partial charge in [0.1, 0.15) is 6.10 Å². The minimum atomic E-state index is -0.0282. The molecule has 0 amide bonds. The molecule has 0 radical (unpaired) electrons. The SMILES string of the molecule is CN1CCC(OC(=O)CC2CSCCN2)CC1. The standard InChI is InChI=1S/C12H22N2O2S/c1-14-5-2-11(3-6-14)16-12(15)8-10-9-17-7-4-13-10/h10-11,13H,2-9H2,1H3. The molecule has 17 heavy (non-hydrogen) atoms. The highest BCUT2D eigenvalue weighted by Crippen LogP contribution is 2.15. The lowest BCUT2D eigenvalue weighted by Crippen LogP contribution is -2.40. The fourth-order valence-corrected chi connectivity index (χ4v) is 3.24. The smallest absolute Gasteiger partial charge is 0.307 e. The zero-order valence-corrected chi connectivity index (χ0v) is 11.3. The summed E-state index contributed by atoms with van der Waals surface area (Å²) in [5.41, 5.74) is 0. The van der Waals surface area contributed by atoms with Crippen molar-refractivity contribution in [3.8, 4) is 0 Å². The molecule has 0 aromatic rings. The van der Waals surface area contributed by atoms with E-state index < -0.39 is 0 Å². The first-order chi connectivity index (χ1) is 8.24. The molecule has 1 N–H and O–H groups in total. The van der Waals surface area contributed by atoms with Gasteiger partial charge >= 0.3 is 5.97 Å². The maximum absolute atomic E-state index is 11.8. The summed E-state index contributed by atoms with van der Waals surface area (Å²) in [5, 5.41) is 3.36. The van der Waals surface area contributed by atoms with Gasteiger partial charge < -0.3 is 15.0 Å². The fraction of sp³-hybridized carbons (Fsp3) is 0.917. The van der Waals surface area contributed by atoms with Gasteiger partial charge in [0.15, 0.2) is 0 Å². The first-order valence-electron chi connectivity index (χ1n) is 6.43. The average Bonchev–Trinajstić information content (AvgIpc) is 2.33. The van der Waals surface area contributed by atoms with Gasteiger partial charge in [-0.3, -0.25) is 4.79 Å². The lowest BCUT2D eigenvalue weighted by molar-refractivity contribution is -0.151. The molecular weight excluding hydrogens is 236 g/mol. The molecule has 2 aliphatic rings. The van der Waals surface area contributed by atoms with Gasteiger partial charge in [-0.25, -0.2) is 0 Å². The minimum absolute atomic E-state index is 0.0282. The molecule has 0 bridgehead atoms. The number of piperidine rings is 1. The number of thioether (sulfide) groups is 1. The molecule has 1 unspecified atom stereocenters. The van der Waals surface area contributed by atoms with E-state index >= 15 is 0 Å². The highest BCUT2D eigenvalue weighted by atomic mass is 32.2. The lowest BCUT2D eigenvalue weighted by Gasteiger charge is -2.29. The predicted octanol–water partition coefficient (Wildman–Crippen LogP) is 0.719. The molecule has 0 aromatic carbocycles. The topological polar surface area (TPSA) is 41.6 Å². The molecule has 98 valence electrons. The van der Waals surface area contributed by atoms with Gasteiger partial charge in [-0.1, -0.05) is 0 Å². The summed E-state index contributed by atoms with van der Waals surface area (Å²) in [5.74, 6) is 2.16. The van der Waals surface area contributed by atoms with Crippen LogP contribution in [0, 0.1) is 0 Å². The van der Waals surface area contributed by atoms with E-state index in [9.17, 15) is 4.79 Å². The van der Waals surface area contributed by atoms with Crippen molar-refractivity contribution in [2.45, 2.75) is 31.4 Å². The minimum Gasteiger partial charge on any atom is -0.462 e. The van der Waals surface area contributed by atoms with Crippen molar-refractivity contribution in [3.05, 3.63) is 0 Å². The van der Waals surface area contributed by atoms with Crippen LogP contribution in [0.15, 0.2) is 0 Å². The van der Waals surface area contributed by atoms with Crippen molar-refractivity contribution in [1.29, 1.82) is 0 Å². The van der Waals surface area contributed by atoms with Crippen LogP contribution in [0.3, 0.4) is 0 Å². The molecule has 0 saturated carbocycles. The van der Waals surface area contributed by atoms with Gasteiger partial charge in [0.05, 0.1) is 6.42 Å². The number of nitrogens with one attached hydrogen (secondary N) is 1. The molecule has 2 heterocycles. The van der Waals surface area contributed by atoms with Crippen LogP contribution in [0.5, 0.6) is 0 Å². The second-order valence-corrected chi connectivity index (χ2v) is 6.07. The number of hydrogen-bond donors (Lipinski definition) is 1. The Labute approximate surface area is 107 Å². The van der Waals surface area contributed by atoms with Gasteiger partial charge in [-0.15, -0.1) is 0 Å². The highest BCUT2D eigenvalue weighted by molar-refractivity contribution is 7.99. The van der Waals surface area contributed by atoms with E-state index in [1.54, 1.807) is 0 Å². The van der Waals surface area contributed by atoms with Gasteiger partial charge in [0.2, 0.25) is 0 Å². The van der Waals surface area contributed by atoms with Crippen molar-refractivity contribution >= 4 is 17.7 Å². The summed E-state index contributed by atoms with van der Waals surface area (Å²) in [6.45, 7) is 3.09. The van der Waals surface area contributed by atoms with E-state index in [0.717, 1.165) is 44.0 Å². The van der Waals surface area contributed by atoms with Gasteiger partial charge in [0.25, 0.3) is 0 Å². The Balaban J connectivity index is 1.66. The largest absolute Gasteiger partial charge is 0.462 e. The van der Waals surface area contributed by atoms with E-state index in [0.29, 0.717) is 12.5 Å². The van der Waals surface area contributed by atoms with Crippen LogP contribution in [0.25, 0.3) is 0 Å². The highest BCUT2D eigenvalue weighted by Gasteiger charge is 2.23. The van der Waals surface area contributed by atoms with Crippen LogP contribution in [0.4, 0.5) is 0 Å². The molecule has 2 fully saturated rings. The monoisotopic (exact) mass is 258 g/mol. The summed E-state index contributed by atoms with van der Waals surface area (Å²) in [4.78, 5) is 14.1. The summed E-state index contributed by atoms with van der Waals surface area (Å²) in [7, 11) is 2.11. The molecule has 0 spiro atoms. The summed E-state index contributed by atoms with van der Waals surface area (Å²) < 4.78 is 5.53. The number of hydrogen-bond acceptors (Lipinski definition) is 5. The Kier molecular flexibility index (Phi) is 5.13. The number of carbonyl (C=O) groups is 1. The molecule has 1 atom stereocenters. The van der Waals surface area contributed by atoms with Crippen LogP contribution in [0.2, 0.25) is 0 Å². The fourth-order valence-electron chi connectivity index (χ4n) is 2.29. The molecule has 0 aliphatic carbocycles. The summed E-state index contributed by atoms with van der Waals surface area (Å²) in [6, 6.07) is 0.313. The molecular formula is C12H22N2O2S. The van der Waals surface area contributed by atoms with Crippen LogP contribution in [-0.2, 0) is 9.53 Å². The Morgan fingerprint density at radius 2 is 2.24 bits per heavy atom. The third-order valence-electron chi connectivity index (χ3n) is 3.38. The third-order valence-corrected chi connectivity index (χ3v) is 4.51. The van der Waals surface area contributed by atoms with Crippen molar-refractivity contribution in [1.82, 2.24) is 10.2 Å². The van der Waals surface area contributed by atoms with E-state index in [2.05, 4.69) is 17.3 Å². The third kappa shape index (κ3) is 4.48. The predicted molar refractivity (Wildman–Crippen MR) is 70.3 cm³/mol. The van der Waals surface area contributed by atoms with Crippen molar-refractivity contribution < 1.29 is 9.53 Å². The van der Waals surface area contributed by atoms with Crippen molar-refractivity contribution in [2.24, 2.45) is 0 Å². The van der Waals surface area contributed by atoms with Crippen molar-refractivity contribution in [3.63, 3.8) is 0 Å². The molecule has 2 saturated heterocycles. The number of carbonyl (C=O) groups excluding carboxylic acids is 1. The van der Waals surface area contributed by atoms with Gasteiger partial charge in [-0.2, -0.15) is 11.8 Å². The lowest BCUT2D eigenvalue weighted by atomic mass is 10.1. The van der Waals surface area contributed by atoms with Gasteiger partial charge in [0, 0.05) is 37.2 Å². The Morgan fingerprint density at radius 1 is 1.47 bits per heavy atom. The molecule has 0 aromatic heterocycles. The van der Waals surface area contributed by atoms with Gasteiger partial charge in [-0.05, 0) is 19.9 Å². The Morgan fingerprint density at radius 3 is 2.88 bits per heavy atom. The molecule has 2 aliphatic heterocycles. The number of ether oxygens (including phenoxy) is 1. The Hall–Kier alpha value is -0.260. The first kappa shape index (κ1) is 13.2. The summed E-state index contributed by atoms with van der Waals surface area (Å²) in [6.07, 6.45) is 2.64. The second-order valence-electron chi connectivity index (χ2n) is 4.92. The zero-order valence-electron chi connectivity index (χ0n) is 10.5. The normalized spacial score (nSPS) is 27.9. The van der Waals surface area contributed by atoms with E-state index in [-0.39, 0.29) is 12.1 Å². The maximum Gasteiger partial charge on any atom is 0.307 e. The van der Waals surface area contributed by atoms with E-state index in [1.165, 1.54) is 0 Å². The number of likely N-dealkylation sites (tertiary alicyclic amines) is 1. The maximum atomic E-state index is 11.8. The summed E-state index contributed by atoms with van der Waals surface area (Å²) >= 11 is 1.91. The second kappa shape index (κ2) is 6.61. The quantitative estimate of drug-likeness (QED) is 0.756. The number of nitrogens with zero attached hydrogens (tertiary/aromatic N) is 1. The van der Waals surface area contributed by atoms with E-state index in [1.807, 2.05) is 11.8 Å². The van der Waals surface area contributed by atoms with Crippen LogP contribution < -0.4 is 5.32 Å². The van der Waals surface area contributed by atoms with Crippen LogP contribution in [-0.4, -0.2) is 61.2 Å².